The zero-order valence-corrected chi connectivity index (χ0v) is 9.59. The van der Waals surface area contributed by atoms with Crippen molar-refractivity contribution < 1.29 is 14.7 Å². The normalized spacial score (nSPS) is 26.0. The Morgan fingerprint density at radius 3 is 2.89 bits per heavy atom. The molecule has 0 bridgehead atoms. The van der Waals surface area contributed by atoms with E-state index in [1.54, 1.807) is 11.0 Å². The molecule has 1 amide bonds. The Labute approximate surface area is 104 Å². The summed E-state index contributed by atoms with van der Waals surface area (Å²) in [6.07, 6.45) is 0. The van der Waals surface area contributed by atoms with Crippen LogP contribution in [-0.4, -0.2) is 42.2 Å². The van der Waals surface area contributed by atoms with E-state index in [2.05, 4.69) is 10.6 Å². The number of carboxylic acids is 1. The summed E-state index contributed by atoms with van der Waals surface area (Å²) in [5.41, 5.74) is 1.45. The minimum atomic E-state index is -0.920. The maximum absolute atomic E-state index is 12.0. The first kappa shape index (κ1) is 11.0. The summed E-state index contributed by atoms with van der Waals surface area (Å²) >= 11 is 0. The van der Waals surface area contributed by atoms with Crippen molar-refractivity contribution >= 4 is 23.3 Å². The second-order valence-corrected chi connectivity index (χ2v) is 4.44. The third kappa shape index (κ3) is 1.53. The number of fused-ring (bicyclic) bond motifs is 3. The highest BCUT2D eigenvalue weighted by Gasteiger charge is 2.42. The van der Waals surface area contributed by atoms with E-state index in [9.17, 15) is 14.7 Å². The highest BCUT2D eigenvalue weighted by molar-refractivity contribution is 6.05. The van der Waals surface area contributed by atoms with Gasteiger partial charge in [0, 0.05) is 13.1 Å². The van der Waals surface area contributed by atoms with Crippen LogP contribution in [0.3, 0.4) is 0 Å². The number of para-hydroxylation sites is 2. The van der Waals surface area contributed by atoms with Gasteiger partial charge in [0.25, 0.3) is 0 Å². The molecule has 1 aromatic carbocycles. The number of carbonyl (C=O) groups is 2. The molecule has 3 N–H and O–H groups in total. The van der Waals surface area contributed by atoms with Crippen LogP contribution < -0.4 is 15.5 Å². The number of benzene rings is 1. The Morgan fingerprint density at radius 1 is 1.33 bits per heavy atom. The lowest BCUT2D eigenvalue weighted by Crippen LogP contribution is -2.65. The van der Waals surface area contributed by atoms with Gasteiger partial charge >= 0.3 is 5.97 Å². The van der Waals surface area contributed by atoms with Gasteiger partial charge in [0.2, 0.25) is 5.91 Å². The monoisotopic (exact) mass is 247 g/mol. The van der Waals surface area contributed by atoms with Crippen molar-refractivity contribution in [1.29, 1.82) is 0 Å². The van der Waals surface area contributed by atoms with Crippen LogP contribution in [0, 0.1) is 0 Å². The summed E-state index contributed by atoms with van der Waals surface area (Å²) in [6.45, 7) is 0.803. The van der Waals surface area contributed by atoms with Gasteiger partial charge < -0.3 is 20.6 Å². The van der Waals surface area contributed by atoms with E-state index in [1.165, 1.54) is 0 Å². The molecule has 1 unspecified atom stereocenters. The molecule has 0 spiro atoms. The number of carbonyl (C=O) groups excluding carboxylic acids is 1. The molecule has 18 heavy (non-hydrogen) atoms. The van der Waals surface area contributed by atoms with Gasteiger partial charge in [-0.1, -0.05) is 12.1 Å². The molecule has 1 aromatic rings. The van der Waals surface area contributed by atoms with Gasteiger partial charge in [-0.3, -0.25) is 4.79 Å². The maximum atomic E-state index is 12.0. The second-order valence-electron chi connectivity index (χ2n) is 4.44. The van der Waals surface area contributed by atoms with E-state index in [4.69, 9.17) is 0 Å². The molecule has 0 radical (unpaired) electrons. The molecule has 6 nitrogen and oxygen atoms in total. The molecular formula is C12H13N3O3. The fourth-order valence-corrected chi connectivity index (χ4v) is 2.55. The molecule has 2 aliphatic heterocycles. The van der Waals surface area contributed by atoms with Crippen molar-refractivity contribution in [2.75, 3.05) is 23.3 Å². The van der Waals surface area contributed by atoms with Crippen LogP contribution in [0.5, 0.6) is 0 Å². The van der Waals surface area contributed by atoms with E-state index in [0.717, 1.165) is 5.69 Å². The van der Waals surface area contributed by atoms with E-state index in [1.807, 2.05) is 18.2 Å². The Bertz CT molecular complexity index is 517. The van der Waals surface area contributed by atoms with Crippen LogP contribution in [-0.2, 0) is 9.59 Å². The molecule has 94 valence electrons. The van der Waals surface area contributed by atoms with Crippen LogP contribution in [0.15, 0.2) is 24.3 Å². The number of piperazine rings is 1. The first-order valence-corrected chi connectivity index (χ1v) is 5.80. The third-order valence-electron chi connectivity index (χ3n) is 3.37. The summed E-state index contributed by atoms with van der Waals surface area (Å²) in [5.74, 6) is -1.08. The number of amides is 1. The van der Waals surface area contributed by atoms with Crippen LogP contribution in [0.4, 0.5) is 11.4 Å². The summed E-state index contributed by atoms with van der Waals surface area (Å²) in [5, 5.41) is 15.1. The molecule has 3 rings (SSSR count). The Hall–Kier alpha value is -2.08. The quantitative estimate of drug-likeness (QED) is 0.644. The topological polar surface area (TPSA) is 81.7 Å². The Balaban J connectivity index is 2.09. The van der Waals surface area contributed by atoms with E-state index < -0.39 is 18.1 Å². The zero-order chi connectivity index (χ0) is 12.7. The smallest absolute Gasteiger partial charge is 0.327 e. The summed E-state index contributed by atoms with van der Waals surface area (Å²) in [4.78, 5) is 25.0. The first-order valence-electron chi connectivity index (χ1n) is 5.80. The van der Waals surface area contributed by atoms with Gasteiger partial charge in [-0.25, -0.2) is 4.79 Å². The highest BCUT2D eigenvalue weighted by atomic mass is 16.4. The van der Waals surface area contributed by atoms with Gasteiger partial charge in [0.15, 0.2) is 0 Å². The third-order valence-corrected chi connectivity index (χ3v) is 3.37. The number of carboxylic acid groups (broad SMARTS) is 1. The molecule has 6 heteroatoms. The number of anilines is 2. The van der Waals surface area contributed by atoms with Crippen LogP contribution >= 0.6 is 0 Å². The van der Waals surface area contributed by atoms with E-state index in [-0.39, 0.29) is 5.91 Å². The van der Waals surface area contributed by atoms with Crippen LogP contribution in [0.1, 0.15) is 0 Å². The second kappa shape index (κ2) is 3.99. The predicted molar refractivity (Wildman–Crippen MR) is 65.6 cm³/mol. The number of hydrogen-bond donors (Lipinski definition) is 3. The number of aliphatic carboxylic acids is 1. The zero-order valence-electron chi connectivity index (χ0n) is 9.59. The molecule has 0 aliphatic carbocycles. The van der Waals surface area contributed by atoms with Crippen molar-refractivity contribution in [3.05, 3.63) is 24.3 Å². The van der Waals surface area contributed by atoms with Crippen molar-refractivity contribution in [2.45, 2.75) is 12.1 Å². The molecular weight excluding hydrogens is 234 g/mol. The van der Waals surface area contributed by atoms with Crippen molar-refractivity contribution in [3.63, 3.8) is 0 Å². The fraction of sp³-hybridized carbons (Fsp3) is 0.333. The standard InChI is InChI=1S/C12H13N3O3/c16-11-9-5-13-6-10(12(17)18)15(9)8-4-2-1-3-7(8)14-11/h1-4,9-10,13H,5-6H2,(H,14,16)(H,17,18)/t9?,10-/m0/s1. The van der Waals surface area contributed by atoms with E-state index in [0.29, 0.717) is 18.8 Å². The van der Waals surface area contributed by atoms with Crippen molar-refractivity contribution in [3.8, 4) is 0 Å². The van der Waals surface area contributed by atoms with Crippen LogP contribution in [0.25, 0.3) is 0 Å². The average molecular weight is 247 g/mol. The average Bonchev–Trinajstić information content (AvgIpc) is 2.38. The predicted octanol–water partition coefficient (Wildman–Crippen LogP) is -0.130. The molecule has 1 saturated heterocycles. The Kier molecular flexibility index (Phi) is 2.45. The van der Waals surface area contributed by atoms with Gasteiger partial charge in [-0.15, -0.1) is 0 Å². The minimum absolute atomic E-state index is 0.160. The largest absolute Gasteiger partial charge is 0.480 e. The van der Waals surface area contributed by atoms with Gasteiger partial charge in [0.05, 0.1) is 11.4 Å². The lowest BCUT2D eigenvalue weighted by Gasteiger charge is -2.44. The molecule has 2 atom stereocenters. The summed E-state index contributed by atoms with van der Waals surface area (Å²) < 4.78 is 0. The van der Waals surface area contributed by atoms with Gasteiger partial charge in [0.1, 0.15) is 12.1 Å². The summed E-state index contributed by atoms with van der Waals surface area (Å²) in [6, 6.07) is 6.10. The Morgan fingerprint density at radius 2 is 2.11 bits per heavy atom. The molecule has 0 aromatic heterocycles. The lowest BCUT2D eigenvalue weighted by atomic mass is 10.0. The fourth-order valence-electron chi connectivity index (χ4n) is 2.55. The summed E-state index contributed by atoms with van der Waals surface area (Å²) in [7, 11) is 0. The molecule has 1 fully saturated rings. The SMILES string of the molecule is O=C1Nc2ccccc2N2C1CNC[C@H]2C(=O)O. The molecule has 0 saturated carbocycles. The van der Waals surface area contributed by atoms with E-state index >= 15 is 0 Å². The number of rotatable bonds is 1. The molecule has 2 heterocycles. The first-order chi connectivity index (χ1) is 8.68. The molecule has 2 aliphatic rings. The number of hydrogen-bond acceptors (Lipinski definition) is 4. The number of nitrogens with zero attached hydrogens (tertiary/aromatic N) is 1. The van der Waals surface area contributed by atoms with Gasteiger partial charge in [-0.05, 0) is 12.1 Å². The number of nitrogens with one attached hydrogen (secondary N) is 2. The van der Waals surface area contributed by atoms with Crippen LogP contribution in [0.2, 0.25) is 0 Å². The lowest BCUT2D eigenvalue weighted by molar-refractivity contribution is -0.139. The van der Waals surface area contributed by atoms with Gasteiger partial charge in [-0.2, -0.15) is 0 Å². The highest BCUT2D eigenvalue weighted by Crippen LogP contribution is 2.34. The van der Waals surface area contributed by atoms with Crippen molar-refractivity contribution in [2.24, 2.45) is 0 Å². The maximum Gasteiger partial charge on any atom is 0.327 e. The van der Waals surface area contributed by atoms with Crippen molar-refractivity contribution in [1.82, 2.24) is 5.32 Å². The minimum Gasteiger partial charge on any atom is -0.480 e.